The van der Waals surface area contributed by atoms with E-state index in [-0.39, 0.29) is 29.9 Å². The summed E-state index contributed by atoms with van der Waals surface area (Å²) < 4.78 is 59.9. The van der Waals surface area contributed by atoms with Crippen molar-refractivity contribution in [1.82, 2.24) is 15.2 Å². The Morgan fingerprint density at radius 2 is 2.16 bits per heavy atom. The summed E-state index contributed by atoms with van der Waals surface area (Å²) in [7, 11) is 2.80. The highest BCUT2D eigenvalue weighted by Crippen LogP contribution is 2.26. The predicted octanol–water partition coefficient (Wildman–Crippen LogP) is 1.88. The topological polar surface area (TPSA) is 63.7 Å². The Balaban J connectivity index is 2.11. The molecule has 1 aliphatic rings. The van der Waals surface area contributed by atoms with Crippen molar-refractivity contribution >= 4 is 5.91 Å². The van der Waals surface area contributed by atoms with Gasteiger partial charge >= 0.3 is 6.18 Å². The lowest BCUT2D eigenvalue weighted by Crippen LogP contribution is -2.41. The summed E-state index contributed by atoms with van der Waals surface area (Å²) in [4.78, 5) is 17.3. The van der Waals surface area contributed by atoms with Crippen LogP contribution in [0.1, 0.15) is 18.4 Å². The molecule has 1 aromatic heterocycles. The molecule has 1 N–H and O–H groups in total. The Morgan fingerprint density at radius 3 is 2.72 bits per heavy atom. The zero-order chi connectivity index (χ0) is 18.6. The van der Waals surface area contributed by atoms with Gasteiger partial charge in [0.15, 0.2) is 12.4 Å². The molecule has 0 aromatic carbocycles. The third-order valence-electron chi connectivity index (χ3n) is 3.69. The number of methoxy groups -OCH3 is 1. The van der Waals surface area contributed by atoms with E-state index in [1.165, 1.54) is 12.0 Å². The van der Waals surface area contributed by atoms with Gasteiger partial charge in [0.05, 0.1) is 19.7 Å². The van der Waals surface area contributed by atoms with Gasteiger partial charge in [-0.2, -0.15) is 18.2 Å². The van der Waals surface area contributed by atoms with E-state index >= 15 is 0 Å². The zero-order valence-electron chi connectivity index (χ0n) is 13.8. The first-order chi connectivity index (χ1) is 11.7. The van der Waals surface area contributed by atoms with Crippen molar-refractivity contribution in [2.45, 2.75) is 31.6 Å². The fraction of sp³-hybridized carbons (Fsp3) is 0.600. The number of carbonyl (C=O) groups is 1. The molecule has 0 saturated carbocycles. The van der Waals surface area contributed by atoms with Gasteiger partial charge in [0.25, 0.3) is 5.88 Å². The van der Waals surface area contributed by atoms with Gasteiger partial charge in [0, 0.05) is 12.6 Å². The molecule has 0 spiro atoms. The number of pyridine rings is 1. The molecule has 0 aliphatic carbocycles. The van der Waals surface area contributed by atoms with Gasteiger partial charge in [-0.1, -0.05) is 0 Å². The highest BCUT2D eigenvalue weighted by atomic mass is 19.4. The van der Waals surface area contributed by atoms with E-state index in [1.807, 2.05) is 0 Å². The maximum Gasteiger partial charge on any atom is 0.422 e. The molecule has 2 heterocycles. The minimum absolute atomic E-state index is 0.00363. The van der Waals surface area contributed by atoms with Crippen molar-refractivity contribution in [2.75, 3.05) is 27.3 Å². The smallest absolute Gasteiger partial charge is 0.422 e. The highest BCUT2D eigenvalue weighted by Gasteiger charge is 2.30. The van der Waals surface area contributed by atoms with Crippen LogP contribution >= 0.6 is 0 Å². The second-order valence-corrected chi connectivity index (χ2v) is 5.69. The molecule has 0 radical (unpaired) electrons. The van der Waals surface area contributed by atoms with E-state index in [0.717, 1.165) is 25.5 Å². The Bertz CT molecular complexity index is 619. The standard InChI is InChI=1S/C15H19F4N3O3/c1-22(14(23)11-4-3-5-20-11)7-9-6-10(16)13(21-12(9)24-2)25-8-15(17,18)19/h6,11,20H,3-5,7-8H2,1-2H3/t11-/m0/s1. The second-order valence-electron chi connectivity index (χ2n) is 5.69. The number of hydrogen-bond donors (Lipinski definition) is 1. The first-order valence-corrected chi connectivity index (χ1v) is 7.62. The first-order valence-electron chi connectivity index (χ1n) is 7.62. The summed E-state index contributed by atoms with van der Waals surface area (Å²) in [5, 5.41) is 3.06. The van der Waals surface area contributed by atoms with Gasteiger partial charge < -0.3 is 19.7 Å². The predicted molar refractivity (Wildman–Crippen MR) is 79.8 cm³/mol. The quantitative estimate of drug-likeness (QED) is 0.780. The molecule has 1 saturated heterocycles. The number of rotatable bonds is 6. The number of amides is 1. The van der Waals surface area contributed by atoms with Crippen molar-refractivity contribution < 1.29 is 31.8 Å². The van der Waals surface area contributed by atoms with Gasteiger partial charge in [-0.25, -0.2) is 4.39 Å². The van der Waals surface area contributed by atoms with Gasteiger partial charge in [0.1, 0.15) is 0 Å². The number of nitrogens with zero attached hydrogens (tertiary/aromatic N) is 2. The summed E-state index contributed by atoms with van der Waals surface area (Å²) in [6.07, 6.45) is -2.99. The minimum Gasteiger partial charge on any atom is -0.481 e. The molecule has 10 heteroatoms. The lowest BCUT2D eigenvalue weighted by Gasteiger charge is -2.22. The number of nitrogens with one attached hydrogen (secondary N) is 1. The summed E-state index contributed by atoms with van der Waals surface area (Å²) in [5.74, 6) is -2.11. The summed E-state index contributed by atoms with van der Waals surface area (Å²) >= 11 is 0. The molecule has 1 fully saturated rings. The van der Waals surface area contributed by atoms with E-state index < -0.39 is 24.5 Å². The molecule has 1 aliphatic heterocycles. The highest BCUT2D eigenvalue weighted by molar-refractivity contribution is 5.82. The normalized spacial score (nSPS) is 17.4. The summed E-state index contributed by atoms with van der Waals surface area (Å²) in [6, 6.07) is 0.673. The van der Waals surface area contributed by atoms with Gasteiger partial charge in [-0.05, 0) is 25.5 Å². The monoisotopic (exact) mass is 365 g/mol. The average molecular weight is 365 g/mol. The van der Waals surface area contributed by atoms with E-state index in [9.17, 15) is 22.4 Å². The Labute approximate surface area is 142 Å². The van der Waals surface area contributed by atoms with Crippen LogP contribution in [0.25, 0.3) is 0 Å². The molecule has 2 rings (SSSR count). The summed E-state index contributed by atoms with van der Waals surface area (Å²) in [6.45, 7) is -0.899. The molecule has 1 atom stereocenters. The van der Waals surface area contributed by atoms with Crippen LogP contribution in [-0.4, -0.2) is 55.3 Å². The molecule has 25 heavy (non-hydrogen) atoms. The van der Waals surface area contributed by atoms with Crippen molar-refractivity contribution in [1.29, 1.82) is 0 Å². The van der Waals surface area contributed by atoms with Gasteiger partial charge in [-0.15, -0.1) is 0 Å². The number of hydrogen-bond acceptors (Lipinski definition) is 5. The number of ether oxygens (including phenoxy) is 2. The van der Waals surface area contributed by atoms with Crippen molar-refractivity contribution in [3.05, 3.63) is 17.4 Å². The molecule has 0 unspecified atom stereocenters. The molecule has 1 amide bonds. The Hall–Kier alpha value is -2.10. The number of alkyl halides is 3. The van der Waals surface area contributed by atoms with Crippen LogP contribution < -0.4 is 14.8 Å². The average Bonchev–Trinajstić information content (AvgIpc) is 3.06. The zero-order valence-corrected chi connectivity index (χ0v) is 13.8. The molecular formula is C15H19F4N3O3. The molecule has 140 valence electrons. The third kappa shape index (κ3) is 5.18. The minimum atomic E-state index is -4.61. The van der Waals surface area contributed by atoms with Crippen molar-refractivity contribution in [3.63, 3.8) is 0 Å². The summed E-state index contributed by atoms with van der Waals surface area (Å²) in [5.41, 5.74) is 0.230. The fourth-order valence-corrected chi connectivity index (χ4v) is 2.53. The number of halogens is 4. The Kier molecular flexibility index (Phi) is 6.04. The van der Waals surface area contributed by atoms with Crippen LogP contribution in [0.5, 0.6) is 11.8 Å². The van der Waals surface area contributed by atoms with Crippen molar-refractivity contribution in [3.8, 4) is 11.8 Å². The van der Waals surface area contributed by atoms with Crippen LogP contribution in [0.2, 0.25) is 0 Å². The number of aromatic nitrogens is 1. The van der Waals surface area contributed by atoms with Crippen LogP contribution in [0, 0.1) is 5.82 Å². The number of likely N-dealkylation sites (N-methyl/N-ethyl adjacent to an activating group) is 1. The van der Waals surface area contributed by atoms with Gasteiger partial charge in [0.2, 0.25) is 11.8 Å². The lowest BCUT2D eigenvalue weighted by molar-refractivity contribution is -0.154. The first kappa shape index (κ1) is 19.2. The lowest BCUT2D eigenvalue weighted by atomic mass is 10.2. The largest absolute Gasteiger partial charge is 0.481 e. The molecule has 0 bridgehead atoms. The van der Waals surface area contributed by atoms with E-state index in [0.29, 0.717) is 0 Å². The SMILES string of the molecule is COc1nc(OCC(F)(F)F)c(F)cc1CN(C)C(=O)[C@@H]1CCCN1. The second kappa shape index (κ2) is 7.85. The van der Waals surface area contributed by atoms with E-state index in [4.69, 9.17) is 4.74 Å². The van der Waals surface area contributed by atoms with Crippen LogP contribution in [0.4, 0.5) is 17.6 Å². The van der Waals surface area contributed by atoms with Crippen LogP contribution in [0.3, 0.4) is 0 Å². The molecule has 1 aromatic rings. The van der Waals surface area contributed by atoms with Gasteiger partial charge in [-0.3, -0.25) is 4.79 Å². The van der Waals surface area contributed by atoms with Crippen LogP contribution in [-0.2, 0) is 11.3 Å². The molecule has 6 nitrogen and oxygen atoms in total. The maximum absolute atomic E-state index is 14.0. The number of carbonyl (C=O) groups excluding carboxylic acids is 1. The third-order valence-corrected chi connectivity index (χ3v) is 3.69. The maximum atomic E-state index is 14.0. The fourth-order valence-electron chi connectivity index (χ4n) is 2.53. The molecular weight excluding hydrogens is 346 g/mol. The van der Waals surface area contributed by atoms with Crippen molar-refractivity contribution in [2.24, 2.45) is 0 Å². The van der Waals surface area contributed by atoms with E-state index in [1.54, 1.807) is 7.05 Å². The Morgan fingerprint density at radius 1 is 1.44 bits per heavy atom. The van der Waals surface area contributed by atoms with Crippen LogP contribution in [0.15, 0.2) is 6.07 Å². The van der Waals surface area contributed by atoms with E-state index in [2.05, 4.69) is 15.0 Å².